The van der Waals surface area contributed by atoms with Crippen LogP contribution < -0.4 is 21.3 Å². The van der Waals surface area contributed by atoms with Crippen molar-refractivity contribution >= 4 is 56.5 Å². The number of hydrogen-bond acceptors (Lipinski definition) is 5. The predicted molar refractivity (Wildman–Crippen MR) is 86.0 cm³/mol. The Balaban J connectivity index is 2.41. The first-order chi connectivity index (χ1) is 9.55. The van der Waals surface area contributed by atoms with Crippen molar-refractivity contribution in [1.29, 1.82) is 0 Å². The summed E-state index contributed by atoms with van der Waals surface area (Å²) in [4.78, 5) is 4.21. The van der Waals surface area contributed by atoms with E-state index < -0.39 is 0 Å². The Morgan fingerprint density at radius 1 is 1.20 bits per heavy atom. The van der Waals surface area contributed by atoms with Crippen LogP contribution in [0.1, 0.15) is 0 Å². The molecular formula is C12H11BrCl2N4O. The van der Waals surface area contributed by atoms with Crippen LogP contribution in [0.3, 0.4) is 0 Å². The van der Waals surface area contributed by atoms with E-state index in [1.807, 2.05) is 18.2 Å². The molecule has 0 aliphatic rings. The van der Waals surface area contributed by atoms with Crippen molar-refractivity contribution in [3.63, 3.8) is 0 Å². The number of nitrogen functional groups attached to an aromatic ring is 1. The molecule has 0 spiro atoms. The molecule has 5 nitrogen and oxygen atoms in total. The number of nitrogens with two attached hydrogens (primary N) is 1. The Morgan fingerprint density at radius 3 is 2.55 bits per heavy atom. The standard InChI is InChI=1S/C12H11BrCl2N4O/c1-20-10-3-2-6(13)4-9(10)17-11-7(14)5-8(15)12(18-11)19-16/h2-5H,16H2,1H3,(H2,17,18,19). The maximum Gasteiger partial charge on any atom is 0.161 e. The molecule has 1 heterocycles. The number of anilines is 3. The molecule has 0 aliphatic carbocycles. The summed E-state index contributed by atoms with van der Waals surface area (Å²) in [5.74, 6) is 6.74. The zero-order chi connectivity index (χ0) is 14.7. The summed E-state index contributed by atoms with van der Waals surface area (Å²) >= 11 is 15.4. The van der Waals surface area contributed by atoms with E-state index in [0.29, 0.717) is 33.1 Å². The van der Waals surface area contributed by atoms with Crippen LogP contribution in [0.25, 0.3) is 0 Å². The Hall–Kier alpha value is -1.21. The second-order valence-electron chi connectivity index (χ2n) is 3.76. The average Bonchev–Trinajstić information content (AvgIpc) is 2.42. The summed E-state index contributed by atoms with van der Waals surface area (Å²) in [5.41, 5.74) is 3.12. The quantitative estimate of drug-likeness (QED) is 0.550. The highest BCUT2D eigenvalue weighted by atomic mass is 79.9. The van der Waals surface area contributed by atoms with Crippen LogP contribution in [0.2, 0.25) is 10.0 Å². The SMILES string of the molecule is COc1ccc(Br)cc1Nc1nc(NN)c(Cl)cc1Cl. The molecule has 106 valence electrons. The fourth-order valence-corrected chi connectivity index (χ4v) is 2.38. The number of aromatic nitrogens is 1. The third kappa shape index (κ3) is 3.27. The molecule has 0 bridgehead atoms. The van der Waals surface area contributed by atoms with Crippen LogP contribution in [0.5, 0.6) is 5.75 Å². The molecule has 0 fully saturated rings. The maximum absolute atomic E-state index is 6.11. The van der Waals surface area contributed by atoms with Crippen molar-refractivity contribution in [2.24, 2.45) is 5.84 Å². The number of pyridine rings is 1. The number of rotatable bonds is 4. The van der Waals surface area contributed by atoms with Gasteiger partial charge in [-0.2, -0.15) is 0 Å². The summed E-state index contributed by atoms with van der Waals surface area (Å²) < 4.78 is 6.16. The molecule has 0 atom stereocenters. The number of hydrazine groups is 1. The molecule has 1 aromatic carbocycles. The molecule has 0 aliphatic heterocycles. The van der Waals surface area contributed by atoms with Crippen LogP contribution in [-0.4, -0.2) is 12.1 Å². The first kappa shape index (κ1) is 15.2. The topological polar surface area (TPSA) is 72.2 Å². The van der Waals surface area contributed by atoms with Crippen molar-refractivity contribution in [2.75, 3.05) is 17.9 Å². The minimum absolute atomic E-state index is 0.326. The third-order valence-electron chi connectivity index (χ3n) is 2.48. The summed E-state index contributed by atoms with van der Waals surface area (Å²) in [6.07, 6.45) is 0. The van der Waals surface area contributed by atoms with E-state index in [1.165, 1.54) is 0 Å². The van der Waals surface area contributed by atoms with Gasteiger partial charge in [-0.15, -0.1) is 0 Å². The largest absolute Gasteiger partial charge is 0.495 e. The van der Waals surface area contributed by atoms with E-state index >= 15 is 0 Å². The molecule has 2 aromatic rings. The lowest BCUT2D eigenvalue weighted by atomic mass is 10.3. The number of nitrogens with zero attached hydrogens (tertiary/aromatic N) is 1. The lowest BCUT2D eigenvalue weighted by Gasteiger charge is -2.13. The summed E-state index contributed by atoms with van der Waals surface area (Å²) in [6.45, 7) is 0. The van der Waals surface area contributed by atoms with Gasteiger partial charge in [-0.25, -0.2) is 10.8 Å². The Morgan fingerprint density at radius 2 is 1.90 bits per heavy atom. The van der Waals surface area contributed by atoms with Crippen molar-refractivity contribution in [3.8, 4) is 5.75 Å². The van der Waals surface area contributed by atoms with Crippen molar-refractivity contribution in [3.05, 3.63) is 38.8 Å². The smallest absolute Gasteiger partial charge is 0.161 e. The van der Waals surface area contributed by atoms with Crippen LogP contribution in [0, 0.1) is 0 Å². The van der Waals surface area contributed by atoms with Crippen LogP contribution in [0.4, 0.5) is 17.3 Å². The fraction of sp³-hybridized carbons (Fsp3) is 0.0833. The molecule has 20 heavy (non-hydrogen) atoms. The molecule has 0 radical (unpaired) electrons. The molecule has 8 heteroatoms. The predicted octanol–water partition coefficient (Wildman–Crippen LogP) is 4.19. The van der Waals surface area contributed by atoms with Gasteiger partial charge in [0.25, 0.3) is 0 Å². The summed E-state index contributed by atoms with van der Waals surface area (Å²) in [7, 11) is 1.58. The van der Waals surface area contributed by atoms with Crippen LogP contribution in [0.15, 0.2) is 28.7 Å². The van der Waals surface area contributed by atoms with E-state index in [-0.39, 0.29) is 0 Å². The van der Waals surface area contributed by atoms with Crippen LogP contribution >= 0.6 is 39.1 Å². The number of hydrogen-bond donors (Lipinski definition) is 3. The molecule has 1 aromatic heterocycles. The van der Waals surface area contributed by atoms with Gasteiger partial charge in [0, 0.05) is 4.47 Å². The second-order valence-corrected chi connectivity index (χ2v) is 5.49. The third-order valence-corrected chi connectivity index (χ3v) is 3.55. The van der Waals surface area contributed by atoms with E-state index in [9.17, 15) is 0 Å². The number of methoxy groups -OCH3 is 1. The lowest BCUT2D eigenvalue weighted by Crippen LogP contribution is -2.10. The molecule has 0 unspecified atom stereocenters. The Bertz CT molecular complexity index is 639. The highest BCUT2D eigenvalue weighted by Gasteiger charge is 2.11. The van der Waals surface area contributed by atoms with Gasteiger partial charge < -0.3 is 15.5 Å². The van der Waals surface area contributed by atoms with Gasteiger partial charge >= 0.3 is 0 Å². The fourth-order valence-electron chi connectivity index (χ4n) is 1.56. The normalized spacial score (nSPS) is 10.2. The van der Waals surface area contributed by atoms with E-state index in [0.717, 1.165) is 4.47 Å². The van der Waals surface area contributed by atoms with Gasteiger partial charge in [0.05, 0.1) is 22.8 Å². The van der Waals surface area contributed by atoms with Gasteiger partial charge in [0.15, 0.2) is 11.6 Å². The summed E-state index contributed by atoms with van der Waals surface area (Å²) in [5, 5.41) is 3.79. The van der Waals surface area contributed by atoms with Crippen molar-refractivity contribution in [1.82, 2.24) is 4.98 Å². The van der Waals surface area contributed by atoms with E-state index in [1.54, 1.807) is 13.2 Å². The molecule has 2 rings (SSSR count). The minimum atomic E-state index is 0.326. The first-order valence-electron chi connectivity index (χ1n) is 5.48. The Kier molecular flexibility index (Phi) is 4.93. The number of nitrogens with one attached hydrogen (secondary N) is 2. The molecule has 0 saturated carbocycles. The van der Waals surface area contributed by atoms with Crippen molar-refractivity contribution in [2.45, 2.75) is 0 Å². The van der Waals surface area contributed by atoms with E-state index in [4.69, 9.17) is 33.8 Å². The minimum Gasteiger partial charge on any atom is -0.495 e. The van der Waals surface area contributed by atoms with Crippen LogP contribution in [-0.2, 0) is 0 Å². The number of halogens is 3. The highest BCUT2D eigenvalue weighted by molar-refractivity contribution is 9.10. The molecule has 0 saturated heterocycles. The van der Waals surface area contributed by atoms with Gasteiger partial charge in [-0.3, -0.25) is 0 Å². The first-order valence-corrected chi connectivity index (χ1v) is 7.03. The molecular weight excluding hydrogens is 367 g/mol. The van der Waals surface area contributed by atoms with Gasteiger partial charge in [0.1, 0.15) is 5.75 Å². The van der Waals surface area contributed by atoms with E-state index in [2.05, 4.69) is 31.7 Å². The molecule has 4 N–H and O–H groups in total. The van der Waals surface area contributed by atoms with Gasteiger partial charge in [0.2, 0.25) is 0 Å². The monoisotopic (exact) mass is 376 g/mol. The summed E-state index contributed by atoms with van der Waals surface area (Å²) in [6, 6.07) is 7.09. The van der Waals surface area contributed by atoms with Crippen molar-refractivity contribution < 1.29 is 4.74 Å². The number of benzene rings is 1. The molecule has 0 amide bonds. The van der Waals surface area contributed by atoms with Gasteiger partial charge in [-0.1, -0.05) is 39.1 Å². The zero-order valence-electron chi connectivity index (χ0n) is 10.4. The second kappa shape index (κ2) is 6.49. The average molecular weight is 378 g/mol. The zero-order valence-corrected chi connectivity index (χ0v) is 13.5. The highest BCUT2D eigenvalue weighted by Crippen LogP contribution is 2.34. The van der Waals surface area contributed by atoms with Gasteiger partial charge in [-0.05, 0) is 24.3 Å². The maximum atomic E-state index is 6.11. The lowest BCUT2D eigenvalue weighted by molar-refractivity contribution is 0.416. The number of ether oxygens (including phenoxy) is 1. The Labute approximate surface area is 134 Å².